The van der Waals surface area contributed by atoms with Gasteiger partial charge in [0.15, 0.2) is 0 Å². The highest BCUT2D eigenvalue weighted by molar-refractivity contribution is 6.12. The number of rotatable bonds is 13. The molecule has 2 rings (SSSR count). The zero-order chi connectivity index (χ0) is 28.2. The van der Waals surface area contributed by atoms with Crippen LogP contribution in [-0.2, 0) is 28.7 Å². The number of nitrogens with one attached hydrogen (secondary N) is 4. The van der Waals surface area contributed by atoms with E-state index in [1.807, 2.05) is 20.8 Å². The van der Waals surface area contributed by atoms with Crippen LogP contribution in [0, 0.1) is 17.8 Å². The number of nitrogens with zero attached hydrogens (tertiary/aromatic N) is 1. The van der Waals surface area contributed by atoms with Crippen LogP contribution in [0.5, 0.6) is 0 Å². The predicted octanol–water partition coefficient (Wildman–Crippen LogP) is 0.616. The normalized spacial score (nSPS) is 20.6. The van der Waals surface area contributed by atoms with Crippen molar-refractivity contribution >= 4 is 35.6 Å². The molecule has 0 spiro atoms. The first kappa shape index (κ1) is 30.8. The van der Waals surface area contributed by atoms with Gasteiger partial charge in [0.05, 0.1) is 6.61 Å². The Bertz CT molecular complexity index is 894. The topological polar surface area (TPSA) is 163 Å². The number of carbonyl (C=O) groups is 6. The summed E-state index contributed by atoms with van der Waals surface area (Å²) in [7, 11) is 0. The molecule has 0 aromatic carbocycles. The summed E-state index contributed by atoms with van der Waals surface area (Å²) in [4.78, 5) is 74.4. The van der Waals surface area contributed by atoms with Gasteiger partial charge in [0, 0.05) is 37.7 Å². The van der Waals surface area contributed by atoms with E-state index in [2.05, 4.69) is 21.3 Å². The molecule has 6 amide bonds. The smallest absolute Gasteiger partial charge is 0.407 e. The first-order chi connectivity index (χ1) is 18.0. The van der Waals surface area contributed by atoms with E-state index in [-0.39, 0.29) is 48.6 Å². The molecular formula is C26H41N5O7. The fraction of sp³-hybridized carbons (Fsp3) is 0.692. The number of imide groups is 1. The molecule has 0 bridgehead atoms. The van der Waals surface area contributed by atoms with Crippen LogP contribution in [0.3, 0.4) is 0 Å². The van der Waals surface area contributed by atoms with Crippen molar-refractivity contribution in [1.29, 1.82) is 0 Å². The number of hydrogen-bond acceptors (Lipinski definition) is 7. The van der Waals surface area contributed by atoms with Gasteiger partial charge in [-0.25, -0.2) is 4.79 Å². The average molecular weight is 536 g/mol. The van der Waals surface area contributed by atoms with E-state index in [0.717, 1.165) is 0 Å². The molecule has 12 heteroatoms. The van der Waals surface area contributed by atoms with Crippen LogP contribution in [0.15, 0.2) is 12.2 Å². The molecule has 38 heavy (non-hydrogen) atoms. The molecule has 1 saturated carbocycles. The summed E-state index contributed by atoms with van der Waals surface area (Å²) in [5.74, 6) is -2.01. The molecular weight excluding hydrogens is 494 g/mol. The summed E-state index contributed by atoms with van der Waals surface area (Å²) in [5, 5.41) is 10.6. The molecule has 2 aliphatic rings. The van der Waals surface area contributed by atoms with E-state index in [4.69, 9.17) is 4.74 Å². The fourth-order valence-electron chi connectivity index (χ4n) is 4.40. The van der Waals surface area contributed by atoms with Gasteiger partial charge in [-0.05, 0) is 50.9 Å². The number of alkyl carbamates (subject to hydrolysis) is 1. The third-order valence-electron chi connectivity index (χ3n) is 6.69. The molecule has 212 valence electrons. The monoisotopic (exact) mass is 535 g/mol. The number of carbonyl (C=O) groups excluding carboxylic acids is 6. The Balaban J connectivity index is 1.75. The highest BCUT2D eigenvalue weighted by Gasteiger charge is 2.33. The minimum atomic E-state index is -0.839. The summed E-state index contributed by atoms with van der Waals surface area (Å²) in [6, 6.07) is -1.65. The number of hydrogen-bond donors (Lipinski definition) is 4. The Labute approximate surface area is 223 Å². The minimum Gasteiger partial charge on any atom is -0.450 e. The number of amides is 6. The quantitative estimate of drug-likeness (QED) is 0.198. The Morgan fingerprint density at radius 2 is 1.53 bits per heavy atom. The van der Waals surface area contributed by atoms with Crippen LogP contribution in [-0.4, -0.2) is 78.9 Å². The second-order valence-corrected chi connectivity index (χ2v) is 10.2. The van der Waals surface area contributed by atoms with Gasteiger partial charge < -0.3 is 26.0 Å². The molecule has 0 saturated heterocycles. The van der Waals surface area contributed by atoms with Crippen LogP contribution < -0.4 is 21.3 Å². The van der Waals surface area contributed by atoms with Crippen molar-refractivity contribution in [3.8, 4) is 0 Å². The van der Waals surface area contributed by atoms with E-state index in [9.17, 15) is 28.8 Å². The Morgan fingerprint density at radius 1 is 0.921 bits per heavy atom. The lowest BCUT2D eigenvalue weighted by Gasteiger charge is -2.31. The van der Waals surface area contributed by atoms with Gasteiger partial charge in [-0.3, -0.25) is 28.9 Å². The lowest BCUT2D eigenvalue weighted by molar-refractivity contribution is -0.138. The maximum Gasteiger partial charge on any atom is 0.407 e. The Hall–Kier alpha value is -3.44. The van der Waals surface area contributed by atoms with Gasteiger partial charge in [-0.15, -0.1) is 0 Å². The molecule has 1 heterocycles. The molecule has 1 unspecified atom stereocenters. The first-order valence-corrected chi connectivity index (χ1v) is 13.4. The highest BCUT2D eigenvalue weighted by Crippen LogP contribution is 2.30. The molecule has 1 aliphatic carbocycles. The molecule has 0 aromatic rings. The van der Waals surface area contributed by atoms with Gasteiger partial charge in [0.2, 0.25) is 17.7 Å². The van der Waals surface area contributed by atoms with Crippen molar-refractivity contribution in [3.63, 3.8) is 0 Å². The van der Waals surface area contributed by atoms with Gasteiger partial charge in [0.1, 0.15) is 12.1 Å². The van der Waals surface area contributed by atoms with Crippen molar-refractivity contribution in [2.75, 3.05) is 26.2 Å². The third-order valence-corrected chi connectivity index (χ3v) is 6.69. The van der Waals surface area contributed by atoms with Crippen molar-refractivity contribution in [2.24, 2.45) is 17.8 Å². The van der Waals surface area contributed by atoms with Crippen LogP contribution >= 0.6 is 0 Å². The van der Waals surface area contributed by atoms with E-state index < -0.39 is 30.0 Å². The molecule has 0 aromatic heterocycles. The first-order valence-electron chi connectivity index (χ1n) is 13.4. The van der Waals surface area contributed by atoms with Crippen LogP contribution in [0.4, 0.5) is 4.79 Å². The SMILES string of the molecule is CCCOC(=O)NCCNC(=O)[C@H](C)NC(=O)C(NC(=O)C1CCC(CN2C(=O)C=CC2=O)CC1)C(C)C. The zero-order valence-electron chi connectivity index (χ0n) is 22.7. The summed E-state index contributed by atoms with van der Waals surface area (Å²) >= 11 is 0. The molecule has 2 atom stereocenters. The van der Waals surface area contributed by atoms with Crippen molar-refractivity contribution < 1.29 is 33.5 Å². The Morgan fingerprint density at radius 3 is 2.11 bits per heavy atom. The number of ether oxygens (including phenoxy) is 1. The maximum absolute atomic E-state index is 12.9. The molecule has 0 radical (unpaired) electrons. The van der Waals surface area contributed by atoms with Crippen LogP contribution in [0.2, 0.25) is 0 Å². The summed E-state index contributed by atoms with van der Waals surface area (Å²) in [5.41, 5.74) is 0. The maximum atomic E-state index is 12.9. The average Bonchev–Trinajstić information content (AvgIpc) is 3.20. The molecule has 4 N–H and O–H groups in total. The van der Waals surface area contributed by atoms with Gasteiger partial charge in [-0.2, -0.15) is 0 Å². The van der Waals surface area contributed by atoms with E-state index in [1.165, 1.54) is 17.1 Å². The van der Waals surface area contributed by atoms with E-state index in [0.29, 0.717) is 45.3 Å². The van der Waals surface area contributed by atoms with Gasteiger partial charge >= 0.3 is 6.09 Å². The van der Waals surface area contributed by atoms with Gasteiger partial charge in [-0.1, -0.05) is 20.8 Å². The largest absolute Gasteiger partial charge is 0.450 e. The summed E-state index contributed by atoms with van der Waals surface area (Å²) in [6.07, 6.45) is 5.31. The molecule has 1 fully saturated rings. The zero-order valence-corrected chi connectivity index (χ0v) is 22.7. The van der Waals surface area contributed by atoms with Crippen molar-refractivity contribution in [3.05, 3.63) is 12.2 Å². The van der Waals surface area contributed by atoms with Crippen molar-refractivity contribution in [1.82, 2.24) is 26.2 Å². The van der Waals surface area contributed by atoms with E-state index in [1.54, 1.807) is 6.92 Å². The second-order valence-electron chi connectivity index (χ2n) is 10.2. The van der Waals surface area contributed by atoms with Crippen molar-refractivity contribution in [2.45, 2.75) is 71.9 Å². The van der Waals surface area contributed by atoms with Crippen LogP contribution in [0.1, 0.15) is 59.8 Å². The lowest BCUT2D eigenvalue weighted by Crippen LogP contribution is -2.55. The van der Waals surface area contributed by atoms with Gasteiger partial charge in [0.25, 0.3) is 11.8 Å². The Kier molecular flexibility index (Phi) is 12.2. The van der Waals surface area contributed by atoms with E-state index >= 15 is 0 Å². The second kappa shape index (κ2) is 15.1. The highest BCUT2D eigenvalue weighted by atomic mass is 16.5. The summed E-state index contributed by atoms with van der Waals surface area (Å²) < 4.78 is 4.88. The molecule has 12 nitrogen and oxygen atoms in total. The standard InChI is InChI=1S/C26H41N5O7/c1-5-14-38-26(37)28-13-12-27-23(34)17(4)29-25(36)22(16(2)3)30-24(35)19-8-6-18(7-9-19)15-31-20(32)10-11-21(31)33/h10-11,16-19,22H,5-9,12-15H2,1-4H3,(H,27,34)(H,28,37)(H,29,36)(H,30,35)/t17-,18?,19?,22?/m0/s1. The minimum absolute atomic E-state index is 0.146. The third kappa shape index (κ3) is 9.46. The fourth-order valence-corrected chi connectivity index (χ4v) is 4.40. The van der Waals surface area contributed by atoms with Crippen LogP contribution in [0.25, 0.3) is 0 Å². The lowest BCUT2D eigenvalue weighted by atomic mass is 9.81. The summed E-state index contributed by atoms with van der Waals surface area (Å²) in [6.45, 7) is 8.08. The molecule has 1 aliphatic heterocycles. The predicted molar refractivity (Wildman–Crippen MR) is 138 cm³/mol.